The maximum atomic E-state index is 11.8. The van der Waals surface area contributed by atoms with E-state index in [0.717, 1.165) is 6.42 Å². The number of sulfonamides is 1. The highest BCUT2D eigenvalue weighted by atomic mass is 32.2. The molecule has 0 saturated carbocycles. The predicted molar refractivity (Wildman–Crippen MR) is 70.8 cm³/mol. The van der Waals surface area contributed by atoms with Gasteiger partial charge in [-0.1, -0.05) is 13.8 Å². The van der Waals surface area contributed by atoms with Crippen LogP contribution in [0.3, 0.4) is 0 Å². The molecule has 1 amide bonds. The summed E-state index contributed by atoms with van der Waals surface area (Å²) in [4.78, 5) is 11.4. The Balaban J connectivity index is 2.79. The van der Waals surface area contributed by atoms with Gasteiger partial charge >= 0.3 is 0 Å². The lowest BCUT2D eigenvalue weighted by Crippen LogP contribution is -2.24. The highest BCUT2D eigenvalue weighted by Crippen LogP contribution is 2.14. The van der Waals surface area contributed by atoms with E-state index < -0.39 is 10.0 Å². The third-order valence-electron chi connectivity index (χ3n) is 2.31. The zero-order chi connectivity index (χ0) is 13.6. The van der Waals surface area contributed by atoms with Gasteiger partial charge in [0.25, 0.3) is 0 Å². The van der Waals surface area contributed by atoms with Crippen molar-refractivity contribution in [3.8, 4) is 0 Å². The molecule has 1 aromatic carbocycles. The number of rotatable bonds is 6. The van der Waals surface area contributed by atoms with Gasteiger partial charge in [0.2, 0.25) is 15.9 Å². The molecular formula is C12H18N2O3S. The molecule has 0 spiro atoms. The van der Waals surface area contributed by atoms with Crippen molar-refractivity contribution in [1.29, 1.82) is 0 Å². The van der Waals surface area contributed by atoms with Gasteiger partial charge in [0, 0.05) is 18.7 Å². The van der Waals surface area contributed by atoms with E-state index in [4.69, 9.17) is 0 Å². The van der Waals surface area contributed by atoms with Crippen molar-refractivity contribution in [2.75, 3.05) is 11.9 Å². The number of amides is 1. The molecule has 0 atom stereocenters. The molecule has 0 aliphatic heterocycles. The minimum atomic E-state index is -3.44. The van der Waals surface area contributed by atoms with Crippen LogP contribution in [0.5, 0.6) is 0 Å². The van der Waals surface area contributed by atoms with Crippen molar-refractivity contribution >= 4 is 21.6 Å². The van der Waals surface area contributed by atoms with Gasteiger partial charge < -0.3 is 5.32 Å². The van der Waals surface area contributed by atoms with E-state index >= 15 is 0 Å². The first-order valence-corrected chi connectivity index (χ1v) is 7.37. The van der Waals surface area contributed by atoms with Crippen LogP contribution in [0.1, 0.15) is 26.7 Å². The summed E-state index contributed by atoms with van der Waals surface area (Å²) in [6.45, 7) is 4.06. The fraction of sp³-hybridized carbons (Fsp3) is 0.417. The lowest BCUT2D eigenvalue weighted by atomic mass is 10.3. The standard InChI is InChI=1S/C12H18N2O3S/c1-3-9-13-18(16,17)11-7-5-10(6-8-11)14-12(15)4-2/h5-8,13H,3-4,9H2,1-2H3,(H,14,15). The van der Waals surface area contributed by atoms with Crippen molar-refractivity contribution in [2.24, 2.45) is 0 Å². The Kier molecular flexibility index (Phi) is 5.30. The van der Waals surface area contributed by atoms with Crippen LogP contribution in [-0.2, 0) is 14.8 Å². The average Bonchev–Trinajstić information content (AvgIpc) is 2.37. The van der Waals surface area contributed by atoms with Crippen LogP contribution in [0.4, 0.5) is 5.69 Å². The van der Waals surface area contributed by atoms with Gasteiger partial charge in [-0.2, -0.15) is 0 Å². The van der Waals surface area contributed by atoms with Gasteiger partial charge in [-0.3, -0.25) is 4.79 Å². The predicted octanol–water partition coefficient (Wildman–Crippen LogP) is 1.72. The van der Waals surface area contributed by atoms with Crippen LogP contribution in [0.25, 0.3) is 0 Å². The number of hydrogen-bond donors (Lipinski definition) is 2. The van der Waals surface area contributed by atoms with Gasteiger partial charge in [0.05, 0.1) is 4.90 Å². The molecule has 0 radical (unpaired) electrons. The van der Waals surface area contributed by atoms with Gasteiger partial charge in [0.1, 0.15) is 0 Å². The van der Waals surface area contributed by atoms with E-state index in [1.807, 2.05) is 6.92 Å². The summed E-state index contributed by atoms with van der Waals surface area (Å²) in [5, 5.41) is 2.66. The summed E-state index contributed by atoms with van der Waals surface area (Å²) in [5.41, 5.74) is 0.594. The SMILES string of the molecule is CCCNS(=O)(=O)c1ccc(NC(=O)CC)cc1. The quantitative estimate of drug-likeness (QED) is 0.826. The molecule has 6 heteroatoms. The summed E-state index contributed by atoms with van der Waals surface area (Å²) < 4.78 is 26.0. The number of carbonyl (C=O) groups is 1. The lowest BCUT2D eigenvalue weighted by Gasteiger charge is -2.07. The normalized spacial score (nSPS) is 11.2. The second-order valence-electron chi connectivity index (χ2n) is 3.82. The highest BCUT2D eigenvalue weighted by molar-refractivity contribution is 7.89. The van der Waals surface area contributed by atoms with Gasteiger partial charge in [-0.25, -0.2) is 13.1 Å². The maximum Gasteiger partial charge on any atom is 0.240 e. The number of benzene rings is 1. The highest BCUT2D eigenvalue weighted by Gasteiger charge is 2.12. The van der Waals surface area contributed by atoms with Crippen LogP contribution in [-0.4, -0.2) is 20.9 Å². The van der Waals surface area contributed by atoms with Crippen LogP contribution in [0.15, 0.2) is 29.2 Å². The zero-order valence-corrected chi connectivity index (χ0v) is 11.4. The molecule has 0 aliphatic carbocycles. The van der Waals surface area contributed by atoms with Crippen molar-refractivity contribution < 1.29 is 13.2 Å². The molecule has 0 fully saturated rings. The molecule has 0 aliphatic rings. The first kappa shape index (κ1) is 14.7. The van der Waals surface area contributed by atoms with E-state index in [0.29, 0.717) is 18.7 Å². The van der Waals surface area contributed by atoms with E-state index in [1.54, 1.807) is 19.1 Å². The summed E-state index contributed by atoms with van der Waals surface area (Å²) in [6, 6.07) is 6.11. The summed E-state index contributed by atoms with van der Waals surface area (Å²) in [7, 11) is -3.44. The molecule has 5 nitrogen and oxygen atoms in total. The second-order valence-corrected chi connectivity index (χ2v) is 5.59. The Morgan fingerprint density at radius 3 is 2.28 bits per heavy atom. The Morgan fingerprint density at radius 1 is 1.17 bits per heavy atom. The van der Waals surface area contributed by atoms with Gasteiger partial charge in [-0.05, 0) is 30.7 Å². The minimum absolute atomic E-state index is 0.102. The number of nitrogens with one attached hydrogen (secondary N) is 2. The number of hydrogen-bond acceptors (Lipinski definition) is 3. The molecule has 2 N–H and O–H groups in total. The first-order chi connectivity index (χ1) is 8.49. The molecule has 0 unspecified atom stereocenters. The third-order valence-corrected chi connectivity index (χ3v) is 3.79. The fourth-order valence-electron chi connectivity index (χ4n) is 1.29. The fourth-order valence-corrected chi connectivity index (χ4v) is 2.42. The van der Waals surface area contributed by atoms with Crippen molar-refractivity contribution in [3.63, 3.8) is 0 Å². The van der Waals surface area contributed by atoms with Crippen molar-refractivity contribution in [3.05, 3.63) is 24.3 Å². The second kappa shape index (κ2) is 6.51. The smallest absolute Gasteiger partial charge is 0.240 e. The van der Waals surface area contributed by atoms with Crippen molar-refractivity contribution in [2.45, 2.75) is 31.6 Å². The van der Waals surface area contributed by atoms with Crippen LogP contribution >= 0.6 is 0 Å². The molecule has 100 valence electrons. The molecule has 0 heterocycles. The average molecular weight is 270 g/mol. The topological polar surface area (TPSA) is 75.3 Å². The Hall–Kier alpha value is -1.40. The molecule has 0 aromatic heterocycles. The van der Waals surface area contributed by atoms with E-state index in [1.165, 1.54) is 12.1 Å². The molecular weight excluding hydrogens is 252 g/mol. The third kappa shape index (κ3) is 4.12. The summed E-state index contributed by atoms with van der Waals surface area (Å²) in [6.07, 6.45) is 1.13. The van der Waals surface area contributed by atoms with Crippen molar-refractivity contribution in [1.82, 2.24) is 4.72 Å². The first-order valence-electron chi connectivity index (χ1n) is 5.89. The van der Waals surface area contributed by atoms with Crippen LogP contribution < -0.4 is 10.0 Å². The molecule has 1 rings (SSSR count). The molecule has 18 heavy (non-hydrogen) atoms. The Labute approximate surface area is 108 Å². The lowest BCUT2D eigenvalue weighted by molar-refractivity contribution is -0.115. The molecule has 0 bridgehead atoms. The van der Waals surface area contributed by atoms with Gasteiger partial charge in [0.15, 0.2) is 0 Å². The summed E-state index contributed by atoms with van der Waals surface area (Å²) in [5.74, 6) is -0.102. The molecule has 1 aromatic rings. The largest absolute Gasteiger partial charge is 0.326 e. The number of carbonyl (C=O) groups excluding carboxylic acids is 1. The van der Waals surface area contributed by atoms with E-state index in [-0.39, 0.29) is 10.8 Å². The van der Waals surface area contributed by atoms with E-state index in [2.05, 4.69) is 10.0 Å². The van der Waals surface area contributed by atoms with Crippen LogP contribution in [0.2, 0.25) is 0 Å². The van der Waals surface area contributed by atoms with E-state index in [9.17, 15) is 13.2 Å². The molecule has 0 saturated heterocycles. The monoisotopic (exact) mass is 270 g/mol. The maximum absolute atomic E-state index is 11.8. The minimum Gasteiger partial charge on any atom is -0.326 e. The number of anilines is 1. The summed E-state index contributed by atoms with van der Waals surface area (Å²) >= 11 is 0. The van der Waals surface area contributed by atoms with Crippen LogP contribution in [0, 0.1) is 0 Å². The van der Waals surface area contributed by atoms with Gasteiger partial charge in [-0.15, -0.1) is 0 Å². The Bertz CT molecular complexity index is 495. The Morgan fingerprint density at radius 2 is 1.78 bits per heavy atom. The zero-order valence-electron chi connectivity index (χ0n) is 10.6.